The highest BCUT2D eigenvalue weighted by molar-refractivity contribution is 5.96. The molecule has 0 unspecified atom stereocenters. The van der Waals surface area contributed by atoms with Gasteiger partial charge in [-0.15, -0.1) is 0 Å². The zero-order valence-corrected chi connectivity index (χ0v) is 20.7. The topological polar surface area (TPSA) is 126 Å². The number of carbonyl (C=O) groups is 2. The van der Waals surface area contributed by atoms with Crippen LogP contribution in [0.2, 0.25) is 0 Å². The SMILES string of the molecule is COc1ccnc(C(=O)N[C@@H](C)c2nc(-c3cccc(C(C)C)c3)no2)c1OC(=O)OCC(C)C. The van der Waals surface area contributed by atoms with Gasteiger partial charge in [0.15, 0.2) is 11.4 Å². The van der Waals surface area contributed by atoms with E-state index < -0.39 is 18.1 Å². The molecule has 0 aliphatic rings. The number of hydrogen-bond donors (Lipinski definition) is 1. The molecule has 10 heteroatoms. The van der Waals surface area contributed by atoms with E-state index in [0.29, 0.717) is 11.7 Å². The van der Waals surface area contributed by atoms with Crippen molar-refractivity contribution >= 4 is 12.1 Å². The molecular formula is C25H30N4O6. The first-order chi connectivity index (χ1) is 16.7. The first-order valence-corrected chi connectivity index (χ1v) is 11.3. The summed E-state index contributed by atoms with van der Waals surface area (Å²) in [5.41, 5.74) is 1.82. The number of methoxy groups -OCH3 is 1. The van der Waals surface area contributed by atoms with E-state index >= 15 is 0 Å². The van der Waals surface area contributed by atoms with E-state index in [2.05, 4.69) is 34.3 Å². The van der Waals surface area contributed by atoms with Crippen molar-refractivity contribution in [3.8, 4) is 22.9 Å². The molecule has 1 atom stereocenters. The smallest absolute Gasteiger partial charge is 0.493 e. The fraction of sp³-hybridized carbons (Fsp3) is 0.400. The third kappa shape index (κ3) is 6.56. The molecule has 0 saturated carbocycles. The van der Waals surface area contributed by atoms with Gasteiger partial charge < -0.3 is 24.1 Å². The van der Waals surface area contributed by atoms with Gasteiger partial charge in [0.25, 0.3) is 5.91 Å². The van der Waals surface area contributed by atoms with Crippen LogP contribution in [0.15, 0.2) is 41.1 Å². The number of benzene rings is 1. The molecular weight excluding hydrogens is 452 g/mol. The zero-order chi connectivity index (χ0) is 25.5. The Balaban J connectivity index is 1.77. The average Bonchev–Trinajstić information content (AvgIpc) is 3.33. The van der Waals surface area contributed by atoms with Crippen LogP contribution in [0.4, 0.5) is 4.79 Å². The molecule has 10 nitrogen and oxygen atoms in total. The Morgan fingerprint density at radius 2 is 1.89 bits per heavy atom. The summed E-state index contributed by atoms with van der Waals surface area (Å²) < 4.78 is 20.9. The second-order valence-electron chi connectivity index (χ2n) is 8.68. The molecule has 1 N–H and O–H groups in total. The molecule has 3 rings (SSSR count). The first-order valence-electron chi connectivity index (χ1n) is 11.3. The van der Waals surface area contributed by atoms with Gasteiger partial charge in [0.2, 0.25) is 17.5 Å². The van der Waals surface area contributed by atoms with Gasteiger partial charge in [-0.05, 0) is 30.4 Å². The van der Waals surface area contributed by atoms with Crippen LogP contribution in [-0.4, -0.2) is 40.9 Å². The second kappa shape index (κ2) is 11.5. The Hall–Kier alpha value is -3.95. The number of hydrogen-bond acceptors (Lipinski definition) is 9. The summed E-state index contributed by atoms with van der Waals surface area (Å²) >= 11 is 0. The summed E-state index contributed by atoms with van der Waals surface area (Å²) in [5.74, 6) is 0.493. The fourth-order valence-corrected chi connectivity index (χ4v) is 3.09. The van der Waals surface area contributed by atoms with Crippen molar-refractivity contribution in [3.05, 3.63) is 53.7 Å². The van der Waals surface area contributed by atoms with Gasteiger partial charge in [-0.25, -0.2) is 9.78 Å². The maximum Gasteiger partial charge on any atom is 0.514 e. The molecule has 0 bridgehead atoms. The molecule has 0 aliphatic carbocycles. The number of nitrogens with zero attached hydrogens (tertiary/aromatic N) is 3. The molecule has 1 amide bonds. The minimum absolute atomic E-state index is 0.120. The maximum absolute atomic E-state index is 13.0. The number of rotatable bonds is 9. The summed E-state index contributed by atoms with van der Waals surface area (Å²) in [4.78, 5) is 33.6. The normalized spacial score (nSPS) is 11.9. The van der Waals surface area contributed by atoms with Crippen molar-refractivity contribution in [1.29, 1.82) is 0 Å². The third-order valence-corrected chi connectivity index (χ3v) is 4.99. The van der Waals surface area contributed by atoms with Crippen molar-refractivity contribution in [2.75, 3.05) is 13.7 Å². The second-order valence-corrected chi connectivity index (χ2v) is 8.68. The van der Waals surface area contributed by atoms with E-state index in [1.807, 2.05) is 38.1 Å². The largest absolute Gasteiger partial charge is 0.514 e. The highest BCUT2D eigenvalue weighted by atomic mass is 16.7. The molecule has 0 spiro atoms. The molecule has 0 fully saturated rings. The highest BCUT2D eigenvalue weighted by Crippen LogP contribution is 2.30. The van der Waals surface area contributed by atoms with Crippen molar-refractivity contribution in [2.24, 2.45) is 5.92 Å². The Morgan fingerprint density at radius 3 is 2.57 bits per heavy atom. The summed E-state index contributed by atoms with van der Waals surface area (Å²) in [6.07, 6.45) is 0.411. The van der Waals surface area contributed by atoms with Crippen molar-refractivity contribution in [1.82, 2.24) is 20.4 Å². The highest BCUT2D eigenvalue weighted by Gasteiger charge is 2.25. The van der Waals surface area contributed by atoms with Crippen LogP contribution in [0, 0.1) is 5.92 Å². The minimum atomic E-state index is -0.961. The fourth-order valence-electron chi connectivity index (χ4n) is 3.09. The number of aromatic nitrogens is 3. The van der Waals surface area contributed by atoms with E-state index in [1.54, 1.807) is 6.92 Å². The number of ether oxygens (including phenoxy) is 3. The van der Waals surface area contributed by atoms with E-state index in [-0.39, 0.29) is 35.6 Å². The minimum Gasteiger partial charge on any atom is -0.493 e. The van der Waals surface area contributed by atoms with Gasteiger partial charge in [0.05, 0.1) is 13.7 Å². The molecule has 3 aromatic rings. The van der Waals surface area contributed by atoms with Crippen LogP contribution < -0.4 is 14.8 Å². The van der Waals surface area contributed by atoms with Crippen LogP contribution >= 0.6 is 0 Å². The van der Waals surface area contributed by atoms with Crippen LogP contribution in [0.25, 0.3) is 11.4 Å². The zero-order valence-electron chi connectivity index (χ0n) is 20.7. The van der Waals surface area contributed by atoms with Gasteiger partial charge in [0, 0.05) is 17.8 Å². The Bertz CT molecular complexity index is 1170. The van der Waals surface area contributed by atoms with E-state index in [9.17, 15) is 9.59 Å². The van der Waals surface area contributed by atoms with Crippen LogP contribution in [0.1, 0.15) is 68.5 Å². The summed E-state index contributed by atoms with van der Waals surface area (Å²) in [5, 5.41) is 6.78. The quantitative estimate of drug-likeness (QED) is 0.423. The maximum atomic E-state index is 13.0. The van der Waals surface area contributed by atoms with E-state index in [0.717, 1.165) is 11.1 Å². The predicted octanol–water partition coefficient (Wildman–Crippen LogP) is 4.93. The third-order valence-electron chi connectivity index (χ3n) is 4.99. The van der Waals surface area contributed by atoms with E-state index in [1.165, 1.54) is 19.4 Å². The monoisotopic (exact) mass is 482 g/mol. The molecule has 35 heavy (non-hydrogen) atoms. The Morgan fingerprint density at radius 1 is 1.11 bits per heavy atom. The molecule has 2 heterocycles. The van der Waals surface area contributed by atoms with Gasteiger partial charge in [-0.3, -0.25) is 4.79 Å². The van der Waals surface area contributed by atoms with Gasteiger partial charge in [-0.1, -0.05) is 51.1 Å². The predicted molar refractivity (Wildman–Crippen MR) is 127 cm³/mol. The lowest BCUT2D eigenvalue weighted by molar-refractivity contribution is 0.0850. The molecule has 186 valence electrons. The first kappa shape index (κ1) is 25.7. The lowest BCUT2D eigenvalue weighted by atomic mass is 10.0. The number of pyridine rings is 1. The van der Waals surface area contributed by atoms with Gasteiger partial charge in [0.1, 0.15) is 6.04 Å². The van der Waals surface area contributed by atoms with Crippen LogP contribution in [-0.2, 0) is 4.74 Å². The Labute approximate surface area is 204 Å². The standard InChI is InChI=1S/C25H30N4O6/c1-14(2)13-33-25(31)34-21-19(32-6)10-11-26-20(21)23(30)27-16(5)24-28-22(29-35-24)18-9-7-8-17(12-18)15(3)4/h7-12,14-16H,13H2,1-6H3,(H,27,30)/t16-/m0/s1. The van der Waals surface area contributed by atoms with Crippen molar-refractivity contribution in [3.63, 3.8) is 0 Å². The Kier molecular flexibility index (Phi) is 8.40. The summed E-state index contributed by atoms with van der Waals surface area (Å²) in [7, 11) is 1.39. The lowest BCUT2D eigenvalue weighted by Gasteiger charge is -2.14. The van der Waals surface area contributed by atoms with Gasteiger partial charge >= 0.3 is 6.16 Å². The number of amides is 1. The molecule has 1 aromatic carbocycles. The number of carbonyl (C=O) groups excluding carboxylic acids is 2. The molecule has 0 radical (unpaired) electrons. The summed E-state index contributed by atoms with van der Waals surface area (Å²) in [6.45, 7) is 9.85. The van der Waals surface area contributed by atoms with Crippen molar-refractivity contribution in [2.45, 2.75) is 46.6 Å². The van der Waals surface area contributed by atoms with Crippen LogP contribution in [0.5, 0.6) is 11.5 Å². The number of nitrogens with one attached hydrogen (secondary N) is 1. The van der Waals surface area contributed by atoms with Crippen LogP contribution in [0.3, 0.4) is 0 Å². The summed E-state index contributed by atoms with van der Waals surface area (Å²) in [6, 6.07) is 8.70. The lowest BCUT2D eigenvalue weighted by Crippen LogP contribution is -2.28. The van der Waals surface area contributed by atoms with Gasteiger partial charge in [-0.2, -0.15) is 4.98 Å². The van der Waals surface area contributed by atoms with E-state index in [4.69, 9.17) is 18.7 Å². The molecule has 0 aliphatic heterocycles. The van der Waals surface area contributed by atoms with Crippen molar-refractivity contribution < 1.29 is 28.3 Å². The molecule has 0 saturated heterocycles. The average molecular weight is 483 g/mol. The molecule has 2 aromatic heterocycles.